The van der Waals surface area contributed by atoms with Crippen LogP contribution in [0.4, 0.5) is 14.7 Å². The summed E-state index contributed by atoms with van der Waals surface area (Å²) in [4.78, 5) is 36.2. The molecule has 3 aromatic rings. The first kappa shape index (κ1) is 18.7. The van der Waals surface area contributed by atoms with Gasteiger partial charge in [0.25, 0.3) is 5.56 Å². The predicted molar refractivity (Wildman–Crippen MR) is 104 cm³/mol. The molecule has 1 aliphatic heterocycles. The van der Waals surface area contributed by atoms with E-state index < -0.39 is 17.2 Å². The van der Waals surface area contributed by atoms with Crippen LogP contribution in [0.1, 0.15) is 0 Å². The van der Waals surface area contributed by atoms with Gasteiger partial charge in [-0.2, -0.15) is 0 Å². The van der Waals surface area contributed by atoms with Crippen molar-refractivity contribution in [2.45, 2.75) is 0 Å². The molecule has 0 spiro atoms. The van der Waals surface area contributed by atoms with Gasteiger partial charge in [0, 0.05) is 37.3 Å². The Labute approximate surface area is 164 Å². The van der Waals surface area contributed by atoms with Crippen LogP contribution in [-0.4, -0.2) is 51.4 Å². The normalized spacial score (nSPS) is 14.3. The van der Waals surface area contributed by atoms with Gasteiger partial charge in [0.1, 0.15) is 17.8 Å². The number of pyridine rings is 1. The Kier molecular flexibility index (Phi) is 4.79. The Bertz CT molecular complexity index is 1170. The zero-order chi connectivity index (χ0) is 20.5. The van der Waals surface area contributed by atoms with Gasteiger partial charge in [-0.25, -0.2) is 23.1 Å². The standard InChI is InChI=1S/C20H17F2N5O2/c1-2-17(28)25-7-9-26(10-8-25)20-24-12-23-16-11-14(18(22)19(29)27(16)20)13-5-3-4-6-15(13)21/h2-6,11-12H,1,7-10H2. The number of rotatable bonds is 3. The van der Waals surface area contributed by atoms with Crippen molar-refractivity contribution < 1.29 is 13.6 Å². The average molecular weight is 397 g/mol. The van der Waals surface area contributed by atoms with Crippen molar-refractivity contribution in [1.82, 2.24) is 19.3 Å². The Morgan fingerprint density at radius 1 is 1.07 bits per heavy atom. The number of benzene rings is 1. The second-order valence-corrected chi connectivity index (χ2v) is 6.54. The maximum absolute atomic E-state index is 14.9. The van der Waals surface area contributed by atoms with Crippen LogP contribution >= 0.6 is 0 Å². The molecule has 3 heterocycles. The largest absolute Gasteiger partial charge is 0.338 e. The average Bonchev–Trinajstić information content (AvgIpc) is 2.76. The molecule has 1 fully saturated rings. The van der Waals surface area contributed by atoms with E-state index in [0.29, 0.717) is 26.2 Å². The molecular formula is C20H17F2N5O2. The highest BCUT2D eigenvalue weighted by molar-refractivity contribution is 5.87. The van der Waals surface area contributed by atoms with Crippen LogP contribution in [0, 0.1) is 11.6 Å². The molecular weight excluding hydrogens is 380 g/mol. The van der Waals surface area contributed by atoms with Gasteiger partial charge in [-0.1, -0.05) is 24.8 Å². The second kappa shape index (κ2) is 7.42. The summed E-state index contributed by atoms with van der Waals surface area (Å²) < 4.78 is 30.1. The molecule has 4 rings (SSSR count). The molecule has 1 aromatic carbocycles. The maximum Gasteiger partial charge on any atom is 0.295 e. The van der Waals surface area contributed by atoms with Gasteiger partial charge in [0.15, 0.2) is 5.82 Å². The number of aromatic nitrogens is 3. The van der Waals surface area contributed by atoms with Crippen LogP contribution in [0.15, 0.2) is 54.1 Å². The van der Waals surface area contributed by atoms with Crippen molar-refractivity contribution in [2.24, 2.45) is 0 Å². The number of amides is 1. The number of anilines is 1. The van der Waals surface area contributed by atoms with Crippen LogP contribution in [0.5, 0.6) is 0 Å². The number of carbonyl (C=O) groups excluding carboxylic acids is 1. The van der Waals surface area contributed by atoms with Gasteiger partial charge in [-0.05, 0) is 18.2 Å². The molecule has 148 valence electrons. The first-order valence-corrected chi connectivity index (χ1v) is 8.98. The van der Waals surface area contributed by atoms with Gasteiger partial charge in [0.05, 0.1) is 0 Å². The van der Waals surface area contributed by atoms with Crippen molar-refractivity contribution in [3.63, 3.8) is 0 Å². The lowest BCUT2D eigenvalue weighted by Crippen LogP contribution is -2.49. The van der Waals surface area contributed by atoms with Gasteiger partial charge >= 0.3 is 0 Å². The Hall–Kier alpha value is -3.62. The molecule has 0 N–H and O–H groups in total. The summed E-state index contributed by atoms with van der Waals surface area (Å²) in [5, 5.41) is 0. The molecule has 1 amide bonds. The molecule has 0 aliphatic carbocycles. The molecule has 0 atom stereocenters. The van der Waals surface area contributed by atoms with Crippen molar-refractivity contribution >= 4 is 17.5 Å². The topological polar surface area (TPSA) is 70.8 Å². The number of piperazine rings is 1. The first-order valence-electron chi connectivity index (χ1n) is 8.98. The fraction of sp³-hybridized carbons (Fsp3) is 0.200. The summed E-state index contributed by atoms with van der Waals surface area (Å²) in [6, 6.07) is 6.99. The van der Waals surface area contributed by atoms with E-state index in [4.69, 9.17) is 0 Å². The van der Waals surface area contributed by atoms with E-state index in [0.717, 1.165) is 4.40 Å². The fourth-order valence-electron chi connectivity index (χ4n) is 3.41. The highest BCUT2D eigenvalue weighted by Gasteiger charge is 2.24. The van der Waals surface area contributed by atoms with Crippen LogP contribution in [-0.2, 0) is 4.79 Å². The van der Waals surface area contributed by atoms with E-state index in [1.807, 2.05) is 0 Å². The molecule has 2 aromatic heterocycles. The highest BCUT2D eigenvalue weighted by atomic mass is 19.1. The van der Waals surface area contributed by atoms with Crippen LogP contribution < -0.4 is 10.5 Å². The number of halogens is 2. The summed E-state index contributed by atoms with van der Waals surface area (Å²) in [6.45, 7) is 5.13. The van der Waals surface area contributed by atoms with Crippen LogP contribution in [0.25, 0.3) is 16.8 Å². The lowest BCUT2D eigenvalue weighted by Gasteiger charge is -2.34. The molecule has 9 heteroatoms. The van der Waals surface area contributed by atoms with Crippen molar-refractivity contribution in [3.05, 3.63) is 71.3 Å². The molecule has 0 bridgehead atoms. The van der Waals surface area contributed by atoms with Gasteiger partial charge < -0.3 is 9.80 Å². The molecule has 1 saturated heterocycles. The third-order valence-corrected chi connectivity index (χ3v) is 4.91. The third-order valence-electron chi connectivity index (χ3n) is 4.91. The first-order chi connectivity index (χ1) is 14.0. The number of hydrogen-bond donors (Lipinski definition) is 0. The second-order valence-electron chi connectivity index (χ2n) is 6.54. The van der Waals surface area contributed by atoms with E-state index in [9.17, 15) is 18.4 Å². The summed E-state index contributed by atoms with van der Waals surface area (Å²) in [6.07, 6.45) is 2.52. The Morgan fingerprint density at radius 3 is 2.48 bits per heavy atom. The smallest absolute Gasteiger partial charge is 0.295 e. The van der Waals surface area contributed by atoms with E-state index in [-0.39, 0.29) is 28.6 Å². The maximum atomic E-state index is 14.9. The molecule has 0 radical (unpaired) electrons. The summed E-state index contributed by atoms with van der Waals surface area (Å²) in [7, 11) is 0. The molecule has 0 unspecified atom stereocenters. The monoisotopic (exact) mass is 397 g/mol. The summed E-state index contributed by atoms with van der Waals surface area (Å²) >= 11 is 0. The molecule has 29 heavy (non-hydrogen) atoms. The highest BCUT2D eigenvalue weighted by Crippen LogP contribution is 2.25. The van der Waals surface area contributed by atoms with Crippen LogP contribution in [0.2, 0.25) is 0 Å². The van der Waals surface area contributed by atoms with E-state index in [2.05, 4.69) is 16.5 Å². The summed E-state index contributed by atoms with van der Waals surface area (Å²) in [5.41, 5.74) is -0.967. The quantitative estimate of drug-likeness (QED) is 0.631. The number of hydrogen-bond acceptors (Lipinski definition) is 5. The minimum Gasteiger partial charge on any atom is -0.338 e. The van der Waals surface area contributed by atoms with Gasteiger partial charge in [-0.3, -0.25) is 9.59 Å². The van der Waals surface area contributed by atoms with Crippen molar-refractivity contribution in [2.75, 3.05) is 31.1 Å². The molecule has 0 saturated carbocycles. The fourth-order valence-corrected chi connectivity index (χ4v) is 3.41. The summed E-state index contributed by atoms with van der Waals surface area (Å²) in [5.74, 6) is -1.66. The molecule has 1 aliphatic rings. The minimum atomic E-state index is -1.08. The Balaban J connectivity index is 1.78. The number of carbonyl (C=O) groups is 1. The van der Waals surface area contributed by atoms with Gasteiger partial charge in [-0.15, -0.1) is 0 Å². The van der Waals surface area contributed by atoms with Crippen molar-refractivity contribution in [1.29, 1.82) is 0 Å². The van der Waals surface area contributed by atoms with E-state index in [1.54, 1.807) is 15.9 Å². The molecule has 7 nitrogen and oxygen atoms in total. The SMILES string of the molecule is C=CC(=O)N1CCN(c2ncnc3cc(-c4ccccc4F)c(F)c(=O)n23)CC1. The van der Waals surface area contributed by atoms with E-state index >= 15 is 0 Å². The van der Waals surface area contributed by atoms with Gasteiger partial charge in [0.2, 0.25) is 11.9 Å². The van der Waals surface area contributed by atoms with Crippen LogP contribution in [0.3, 0.4) is 0 Å². The Morgan fingerprint density at radius 2 is 1.79 bits per heavy atom. The zero-order valence-electron chi connectivity index (χ0n) is 15.4. The lowest BCUT2D eigenvalue weighted by molar-refractivity contribution is -0.126. The van der Waals surface area contributed by atoms with Crippen molar-refractivity contribution in [3.8, 4) is 11.1 Å². The van der Waals surface area contributed by atoms with E-state index in [1.165, 1.54) is 36.7 Å². The lowest BCUT2D eigenvalue weighted by atomic mass is 10.1. The third kappa shape index (κ3) is 3.24. The zero-order valence-corrected chi connectivity index (χ0v) is 15.4. The number of fused-ring (bicyclic) bond motifs is 1. The minimum absolute atomic E-state index is 0.0127. The number of nitrogens with zero attached hydrogens (tertiary/aromatic N) is 5. The predicted octanol–water partition coefficient (Wildman–Crippen LogP) is 1.87.